The minimum absolute atomic E-state index is 0.0273. The monoisotopic (exact) mass is 196 g/mol. The van der Waals surface area contributed by atoms with E-state index in [0.29, 0.717) is 12.5 Å². The van der Waals surface area contributed by atoms with Crippen molar-refractivity contribution in [1.29, 1.82) is 0 Å². The average molecular weight is 196 g/mol. The minimum Gasteiger partial charge on any atom is -0.393 e. The standard InChI is InChI=1S/C10H12O4/c1-4-5-3-13-10-8(5)7(4)9(12)6(2-11)14-10/h5-8,10-11H,1-3H2/t5-,6-,7+,8-,10+/m1/s1. The number of aliphatic hydroxyl groups excluding tert-OH is 1. The zero-order chi connectivity index (χ0) is 9.87. The topological polar surface area (TPSA) is 55.8 Å². The van der Waals surface area contributed by atoms with Crippen LogP contribution in [-0.2, 0) is 14.3 Å². The van der Waals surface area contributed by atoms with Crippen LogP contribution in [0, 0.1) is 17.8 Å². The molecule has 0 amide bonds. The summed E-state index contributed by atoms with van der Waals surface area (Å²) in [7, 11) is 0. The van der Waals surface area contributed by atoms with E-state index in [1.165, 1.54) is 0 Å². The lowest BCUT2D eigenvalue weighted by atomic mass is 9.59. The van der Waals surface area contributed by atoms with Crippen LogP contribution in [0.4, 0.5) is 0 Å². The summed E-state index contributed by atoms with van der Waals surface area (Å²) >= 11 is 0. The number of rotatable bonds is 1. The van der Waals surface area contributed by atoms with Gasteiger partial charge in [0.1, 0.15) is 6.10 Å². The minimum atomic E-state index is -0.711. The highest BCUT2D eigenvalue weighted by Gasteiger charge is 2.61. The van der Waals surface area contributed by atoms with Gasteiger partial charge >= 0.3 is 0 Å². The third-order valence-electron chi connectivity index (χ3n) is 3.57. The highest BCUT2D eigenvalue weighted by molar-refractivity contribution is 5.90. The molecule has 4 nitrogen and oxygen atoms in total. The van der Waals surface area contributed by atoms with Crippen molar-refractivity contribution in [3.05, 3.63) is 12.2 Å². The van der Waals surface area contributed by atoms with Crippen LogP contribution >= 0.6 is 0 Å². The molecule has 1 saturated carbocycles. The molecule has 0 bridgehead atoms. The van der Waals surface area contributed by atoms with Crippen molar-refractivity contribution in [3.8, 4) is 0 Å². The Bertz CT molecular complexity index is 311. The maximum absolute atomic E-state index is 11.7. The summed E-state index contributed by atoms with van der Waals surface area (Å²) in [6.45, 7) is 4.25. The van der Waals surface area contributed by atoms with Gasteiger partial charge in [0.05, 0.1) is 13.2 Å². The molecule has 1 aliphatic carbocycles. The van der Waals surface area contributed by atoms with Gasteiger partial charge in [0.15, 0.2) is 12.1 Å². The summed E-state index contributed by atoms with van der Waals surface area (Å²) < 4.78 is 10.8. The maximum atomic E-state index is 11.7. The smallest absolute Gasteiger partial charge is 0.171 e. The van der Waals surface area contributed by atoms with E-state index >= 15 is 0 Å². The van der Waals surface area contributed by atoms with E-state index in [2.05, 4.69) is 6.58 Å². The molecule has 2 heterocycles. The lowest BCUT2D eigenvalue weighted by Crippen LogP contribution is -2.56. The number of hydrogen-bond donors (Lipinski definition) is 1. The largest absolute Gasteiger partial charge is 0.393 e. The Kier molecular flexibility index (Phi) is 1.63. The molecule has 3 aliphatic rings. The van der Waals surface area contributed by atoms with Gasteiger partial charge in [-0.3, -0.25) is 4.79 Å². The normalized spacial score (nSPS) is 50.2. The molecule has 0 radical (unpaired) electrons. The highest BCUT2D eigenvalue weighted by Crippen LogP contribution is 2.55. The van der Waals surface area contributed by atoms with Gasteiger partial charge in [0, 0.05) is 17.8 Å². The van der Waals surface area contributed by atoms with Crippen LogP contribution in [0.1, 0.15) is 0 Å². The van der Waals surface area contributed by atoms with Crippen molar-refractivity contribution in [2.24, 2.45) is 17.8 Å². The first-order valence-corrected chi connectivity index (χ1v) is 4.84. The Morgan fingerprint density at radius 2 is 2.36 bits per heavy atom. The Morgan fingerprint density at radius 1 is 1.57 bits per heavy atom. The van der Waals surface area contributed by atoms with E-state index in [0.717, 1.165) is 5.57 Å². The molecule has 2 aliphatic heterocycles. The molecule has 3 fully saturated rings. The first-order valence-electron chi connectivity index (χ1n) is 4.84. The molecule has 0 unspecified atom stereocenters. The summed E-state index contributed by atoms with van der Waals surface area (Å²) in [6, 6.07) is 0. The molecule has 0 aromatic carbocycles. The van der Waals surface area contributed by atoms with E-state index in [1.807, 2.05) is 0 Å². The fourth-order valence-corrected chi connectivity index (χ4v) is 2.78. The van der Waals surface area contributed by atoms with Gasteiger partial charge < -0.3 is 14.6 Å². The molecule has 0 spiro atoms. The van der Waals surface area contributed by atoms with E-state index in [1.54, 1.807) is 0 Å². The molecular formula is C10H12O4. The first kappa shape index (κ1) is 8.59. The Morgan fingerprint density at radius 3 is 3.07 bits per heavy atom. The summed E-state index contributed by atoms with van der Waals surface area (Å²) in [5, 5.41) is 8.97. The van der Waals surface area contributed by atoms with E-state index < -0.39 is 6.10 Å². The van der Waals surface area contributed by atoms with Crippen LogP contribution in [0.3, 0.4) is 0 Å². The third-order valence-corrected chi connectivity index (χ3v) is 3.57. The highest BCUT2D eigenvalue weighted by atomic mass is 16.7. The Hall–Kier alpha value is -0.710. The third kappa shape index (κ3) is 0.815. The predicted octanol–water partition coefficient (Wildman–Crippen LogP) is -0.279. The fourth-order valence-electron chi connectivity index (χ4n) is 2.78. The zero-order valence-electron chi connectivity index (χ0n) is 7.68. The molecule has 0 aromatic heterocycles. The van der Waals surface area contributed by atoms with Crippen molar-refractivity contribution in [2.75, 3.05) is 13.2 Å². The van der Waals surface area contributed by atoms with Gasteiger partial charge in [-0.2, -0.15) is 0 Å². The maximum Gasteiger partial charge on any atom is 0.171 e. The van der Waals surface area contributed by atoms with Gasteiger partial charge in [-0.05, 0) is 0 Å². The predicted molar refractivity (Wildman–Crippen MR) is 46.3 cm³/mol. The summed E-state index contributed by atoms with van der Waals surface area (Å²) in [4.78, 5) is 11.7. The SMILES string of the molecule is C=C1[C@@H]2C(=O)[C@@H](CO)O[C@@H]3OC[C@H]1[C@@H]32. The second kappa shape index (κ2) is 2.66. The van der Waals surface area contributed by atoms with Crippen molar-refractivity contribution in [2.45, 2.75) is 12.4 Å². The number of aliphatic hydroxyl groups is 1. The summed E-state index contributed by atoms with van der Waals surface area (Å²) in [5.41, 5.74) is 0.962. The Labute approximate surface area is 81.5 Å². The first-order chi connectivity index (χ1) is 6.74. The lowest BCUT2D eigenvalue weighted by Gasteiger charge is -2.47. The van der Waals surface area contributed by atoms with Crippen LogP contribution in [-0.4, -0.2) is 36.5 Å². The van der Waals surface area contributed by atoms with Crippen molar-refractivity contribution >= 4 is 5.78 Å². The van der Waals surface area contributed by atoms with Crippen LogP contribution in [0.25, 0.3) is 0 Å². The van der Waals surface area contributed by atoms with Gasteiger partial charge in [-0.25, -0.2) is 0 Å². The number of ether oxygens (including phenoxy) is 2. The van der Waals surface area contributed by atoms with E-state index in [-0.39, 0.29) is 30.5 Å². The number of carbonyl (C=O) groups excluding carboxylic acids is 1. The van der Waals surface area contributed by atoms with Gasteiger partial charge in [0.2, 0.25) is 0 Å². The van der Waals surface area contributed by atoms with Crippen molar-refractivity contribution in [3.63, 3.8) is 0 Å². The second-order valence-electron chi connectivity index (χ2n) is 4.15. The van der Waals surface area contributed by atoms with Crippen LogP contribution < -0.4 is 0 Å². The van der Waals surface area contributed by atoms with Crippen LogP contribution in [0.15, 0.2) is 12.2 Å². The van der Waals surface area contributed by atoms with Gasteiger partial charge in [0.25, 0.3) is 0 Å². The number of hydrogen-bond acceptors (Lipinski definition) is 4. The second-order valence-corrected chi connectivity index (χ2v) is 4.15. The quantitative estimate of drug-likeness (QED) is 0.586. The van der Waals surface area contributed by atoms with E-state index in [9.17, 15) is 4.79 Å². The van der Waals surface area contributed by atoms with Gasteiger partial charge in [-0.15, -0.1) is 0 Å². The zero-order valence-corrected chi connectivity index (χ0v) is 7.68. The van der Waals surface area contributed by atoms with E-state index in [4.69, 9.17) is 14.6 Å². The molecule has 1 N–H and O–H groups in total. The molecule has 4 heteroatoms. The fraction of sp³-hybridized carbons (Fsp3) is 0.700. The Balaban J connectivity index is 1.92. The molecule has 0 aromatic rings. The molecule has 3 rings (SSSR count). The average Bonchev–Trinajstić information content (AvgIpc) is 2.56. The number of Topliss-reactive ketones (excluding diaryl/α,β-unsaturated/α-hetero) is 1. The van der Waals surface area contributed by atoms with Crippen molar-refractivity contribution in [1.82, 2.24) is 0 Å². The molecule has 14 heavy (non-hydrogen) atoms. The molecular weight excluding hydrogens is 184 g/mol. The number of carbonyl (C=O) groups is 1. The lowest BCUT2D eigenvalue weighted by molar-refractivity contribution is -0.208. The molecule has 5 atom stereocenters. The number of ketones is 1. The molecule has 76 valence electrons. The summed E-state index contributed by atoms with van der Waals surface area (Å²) in [6.07, 6.45) is -1.01. The van der Waals surface area contributed by atoms with Crippen LogP contribution in [0.2, 0.25) is 0 Å². The van der Waals surface area contributed by atoms with Crippen molar-refractivity contribution < 1.29 is 19.4 Å². The molecule has 2 saturated heterocycles. The summed E-state index contributed by atoms with van der Waals surface area (Å²) in [5.74, 6) is 0.310. The van der Waals surface area contributed by atoms with Crippen LogP contribution in [0.5, 0.6) is 0 Å². The van der Waals surface area contributed by atoms with Gasteiger partial charge in [-0.1, -0.05) is 12.2 Å².